The van der Waals surface area contributed by atoms with Crippen LogP contribution >= 0.6 is 11.8 Å². The highest BCUT2D eigenvalue weighted by Crippen LogP contribution is 2.23. The van der Waals surface area contributed by atoms with Crippen LogP contribution < -0.4 is 10.2 Å². The van der Waals surface area contributed by atoms with Gasteiger partial charge in [0.1, 0.15) is 0 Å². The number of terminal acetylenes is 1. The molecule has 3 aromatic rings. The Morgan fingerprint density at radius 1 is 1.10 bits per heavy atom. The van der Waals surface area contributed by atoms with E-state index >= 15 is 0 Å². The third kappa shape index (κ3) is 5.63. The summed E-state index contributed by atoms with van der Waals surface area (Å²) in [5.74, 6) is 3.14. The molecule has 31 heavy (non-hydrogen) atoms. The Labute approximate surface area is 185 Å². The summed E-state index contributed by atoms with van der Waals surface area (Å²) in [5.41, 5.74) is 2.68. The largest absolute Gasteiger partial charge is 0.411 e. The molecular weight excluding hydrogens is 412 g/mol. The lowest BCUT2D eigenvalue weighted by Crippen LogP contribution is -2.46. The van der Waals surface area contributed by atoms with E-state index in [9.17, 15) is 4.79 Å². The molecule has 1 aromatic carbocycles. The predicted molar refractivity (Wildman–Crippen MR) is 121 cm³/mol. The van der Waals surface area contributed by atoms with E-state index in [4.69, 9.17) is 10.8 Å². The minimum atomic E-state index is -0.135. The van der Waals surface area contributed by atoms with Gasteiger partial charge < -0.3 is 14.6 Å². The van der Waals surface area contributed by atoms with Gasteiger partial charge in [-0.3, -0.25) is 14.7 Å². The van der Waals surface area contributed by atoms with Crippen LogP contribution in [0.15, 0.2) is 58.4 Å². The fraction of sp³-hybridized carbons (Fsp3) is 0.273. The SMILES string of the molecule is C#CCN1CCN(c2ccc(NC(=O)CSc3nnc(-c4ccncc4)o3)cc2)CC1. The second kappa shape index (κ2) is 10.1. The van der Waals surface area contributed by atoms with Crippen molar-refractivity contribution in [3.63, 3.8) is 0 Å². The highest BCUT2D eigenvalue weighted by molar-refractivity contribution is 7.99. The summed E-state index contributed by atoms with van der Waals surface area (Å²) in [6.07, 6.45) is 8.70. The lowest BCUT2D eigenvalue weighted by molar-refractivity contribution is -0.113. The smallest absolute Gasteiger partial charge is 0.277 e. The van der Waals surface area contributed by atoms with Gasteiger partial charge in [0.2, 0.25) is 11.8 Å². The first-order valence-corrected chi connectivity index (χ1v) is 10.9. The fourth-order valence-corrected chi connectivity index (χ4v) is 3.82. The third-order valence-electron chi connectivity index (χ3n) is 4.86. The number of pyridine rings is 1. The van der Waals surface area contributed by atoms with E-state index in [1.54, 1.807) is 24.5 Å². The topological polar surface area (TPSA) is 87.4 Å². The molecule has 1 aliphatic rings. The molecule has 0 bridgehead atoms. The molecule has 0 radical (unpaired) electrons. The number of nitrogens with zero attached hydrogens (tertiary/aromatic N) is 5. The molecule has 0 unspecified atom stereocenters. The van der Waals surface area contributed by atoms with E-state index in [1.165, 1.54) is 11.8 Å². The van der Waals surface area contributed by atoms with Gasteiger partial charge in [0.05, 0.1) is 12.3 Å². The van der Waals surface area contributed by atoms with Crippen LogP contribution in [0.1, 0.15) is 0 Å². The van der Waals surface area contributed by atoms with Crippen molar-refractivity contribution in [3.8, 4) is 23.8 Å². The van der Waals surface area contributed by atoms with Crippen molar-refractivity contribution >= 4 is 29.0 Å². The number of carbonyl (C=O) groups excluding carboxylic acids is 1. The maximum absolute atomic E-state index is 12.3. The van der Waals surface area contributed by atoms with E-state index < -0.39 is 0 Å². The summed E-state index contributed by atoms with van der Waals surface area (Å²) in [6.45, 7) is 4.49. The van der Waals surface area contributed by atoms with Crippen molar-refractivity contribution < 1.29 is 9.21 Å². The first-order valence-electron chi connectivity index (χ1n) is 9.88. The van der Waals surface area contributed by atoms with Gasteiger partial charge >= 0.3 is 0 Å². The van der Waals surface area contributed by atoms with Crippen molar-refractivity contribution in [2.45, 2.75) is 5.22 Å². The maximum Gasteiger partial charge on any atom is 0.277 e. The van der Waals surface area contributed by atoms with Gasteiger partial charge in [-0.1, -0.05) is 17.7 Å². The lowest BCUT2D eigenvalue weighted by Gasteiger charge is -2.35. The van der Waals surface area contributed by atoms with E-state index in [1.807, 2.05) is 24.3 Å². The Kier molecular flexibility index (Phi) is 6.82. The molecule has 1 aliphatic heterocycles. The number of nitrogens with one attached hydrogen (secondary N) is 1. The number of hydrogen-bond donors (Lipinski definition) is 1. The van der Waals surface area contributed by atoms with Gasteiger partial charge in [-0.25, -0.2) is 0 Å². The molecule has 8 nitrogen and oxygen atoms in total. The number of aromatic nitrogens is 3. The summed E-state index contributed by atoms with van der Waals surface area (Å²) in [6, 6.07) is 11.5. The van der Waals surface area contributed by atoms with Crippen molar-refractivity contribution in [1.29, 1.82) is 0 Å². The number of piperazine rings is 1. The van der Waals surface area contributed by atoms with Gasteiger partial charge in [-0.05, 0) is 36.4 Å². The number of amides is 1. The Morgan fingerprint density at radius 3 is 2.55 bits per heavy atom. The number of rotatable bonds is 7. The molecule has 158 valence electrons. The second-order valence-corrected chi connectivity index (χ2v) is 7.89. The van der Waals surface area contributed by atoms with Crippen LogP contribution in [-0.4, -0.2) is 64.5 Å². The molecule has 0 spiro atoms. The number of carbonyl (C=O) groups is 1. The summed E-state index contributed by atoms with van der Waals surface area (Å²) >= 11 is 1.20. The lowest BCUT2D eigenvalue weighted by atomic mass is 10.2. The summed E-state index contributed by atoms with van der Waals surface area (Å²) in [5, 5.41) is 11.2. The zero-order chi connectivity index (χ0) is 21.5. The Hall–Kier alpha value is -3.35. The van der Waals surface area contributed by atoms with Gasteiger partial charge in [0.15, 0.2) is 0 Å². The highest BCUT2D eigenvalue weighted by Gasteiger charge is 2.16. The van der Waals surface area contributed by atoms with Crippen LogP contribution in [0.5, 0.6) is 0 Å². The van der Waals surface area contributed by atoms with E-state index in [0.717, 1.165) is 43.1 Å². The van der Waals surface area contributed by atoms with E-state index in [-0.39, 0.29) is 11.7 Å². The van der Waals surface area contributed by atoms with Crippen LogP contribution in [0.2, 0.25) is 0 Å². The highest BCUT2D eigenvalue weighted by atomic mass is 32.2. The van der Waals surface area contributed by atoms with Crippen LogP contribution in [0.3, 0.4) is 0 Å². The zero-order valence-corrected chi connectivity index (χ0v) is 17.7. The van der Waals surface area contributed by atoms with Crippen LogP contribution in [0, 0.1) is 12.3 Å². The van der Waals surface area contributed by atoms with Gasteiger partial charge in [-0.2, -0.15) is 0 Å². The molecule has 0 aliphatic carbocycles. The monoisotopic (exact) mass is 434 g/mol. The Morgan fingerprint density at radius 2 is 1.84 bits per heavy atom. The average Bonchev–Trinajstić information content (AvgIpc) is 3.29. The summed E-state index contributed by atoms with van der Waals surface area (Å²) in [7, 11) is 0. The fourth-order valence-electron chi connectivity index (χ4n) is 3.25. The molecular formula is C22H22N6O2S. The normalized spacial score (nSPS) is 14.2. The summed E-state index contributed by atoms with van der Waals surface area (Å²) < 4.78 is 5.59. The first kappa shape index (κ1) is 20.9. The number of benzene rings is 1. The van der Waals surface area contributed by atoms with E-state index in [2.05, 4.69) is 36.2 Å². The van der Waals surface area contributed by atoms with Crippen molar-refractivity contribution in [3.05, 3.63) is 48.8 Å². The van der Waals surface area contributed by atoms with Crippen LogP contribution in [-0.2, 0) is 4.79 Å². The molecule has 0 saturated carbocycles. The molecule has 0 atom stereocenters. The predicted octanol–water partition coefficient (Wildman–Crippen LogP) is 2.62. The Balaban J connectivity index is 1.25. The first-order chi connectivity index (χ1) is 15.2. The molecule has 1 fully saturated rings. The molecule has 2 aromatic heterocycles. The molecule has 4 rings (SSSR count). The number of thioether (sulfide) groups is 1. The molecule has 1 saturated heterocycles. The molecule has 3 heterocycles. The standard InChI is InChI=1S/C22H22N6O2S/c1-2-11-27-12-14-28(15-13-27)19-5-3-18(4-6-19)24-20(29)16-31-22-26-25-21(30-22)17-7-9-23-10-8-17/h1,3-10H,11-16H2,(H,24,29). The Bertz CT molecular complexity index is 1040. The quantitative estimate of drug-likeness (QED) is 0.449. The zero-order valence-electron chi connectivity index (χ0n) is 16.9. The van der Waals surface area contributed by atoms with Gasteiger partial charge in [0.25, 0.3) is 5.22 Å². The third-order valence-corrected chi connectivity index (χ3v) is 5.68. The van der Waals surface area contributed by atoms with Crippen LogP contribution in [0.4, 0.5) is 11.4 Å². The minimum Gasteiger partial charge on any atom is -0.411 e. The van der Waals surface area contributed by atoms with Gasteiger partial charge in [-0.15, -0.1) is 16.6 Å². The van der Waals surface area contributed by atoms with Crippen LogP contribution in [0.25, 0.3) is 11.5 Å². The van der Waals surface area contributed by atoms with Crippen molar-refractivity contribution in [2.24, 2.45) is 0 Å². The molecule has 9 heteroatoms. The van der Waals surface area contributed by atoms with Crippen molar-refractivity contribution in [1.82, 2.24) is 20.1 Å². The second-order valence-electron chi connectivity index (χ2n) is 6.96. The van der Waals surface area contributed by atoms with Crippen molar-refractivity contribution in [2.75, 3.05) is 48.7 Å². The maximum atomic E-state index is 12.3. The number of anilines is 2. The van der Waals surface area contributed by atoms with Gasteiger partial charge in [0, 0.05) is 55.5 Å². The summed E-state index contributed by atoms with van der Waals surface area (Å²) in [4.78, 5) is 20.8. The average molecular weight is 435 g/mol. The van der Waals surface area contributed by atoms with E-state index in [0.29, 0.717) is 17.7 Å². The molecule has 1 amide bonds. The molecule has 1 N–H and O–H groups in total. The number of hydrogen-bond acceptors (Lipinski definition) is 8. The minimum absolute atomic E-state index is 0.135.